The van der Waals surface area contributed by atoms with Crippen molar-refractivity contribution < 1.29 is 14.3 Å². The van der Waals surface area contributed by atoms with Gasteiger partial charge >= 0.3 is 5.97 Å². The molecule has 0 fully saturated rings. The van der Waals surface area contributed by atoms with E-state index in [0.717, 1.165) is 37.5 Å². The van der Waals surface area contributed by atoms with Gasteiger partial charge in [-0.15, -0.1) is 22.7 Å². The minimum absolute atomic E-state index is 0.135. The average molecular weight is 546 g/mol. The fourth-order valence-electron chi connectivity index (χ4n) is 3.89. The molecule has 9 heteroatoms. The maximum absolute atomic E-state index is 13.0. The molecular weight excluding hydrogens is 523 g/mol. The lowest BCUT2D eigenvalue weighted by Gasteiger charge is -2.09. The van der Waals surface area contributed by atoms with Gasteiger partial charge in [0.15, 0.2) is 0 Å². The third kappa shape index (κ3) is 5.44. The standard InChI is InChI=1S/C28H23N3O3S3/c1-3-34-28(33)24-21(18-7-5-4-6-8-18)14-36-27(24)31-22(32)15-37-26-23-20(13-35-25(23)29-16-30-26)19-11-9-17(2)10-12-19/h4-14,16H,3,15H2,1-2H3,(H,31,32). The summed E-state index contributed by atoms with van der Waals surface area (Å²) in [6.07, 6.45) is 1.53. The van der Waals surface area contributed by atoms with Gasteiger partial charge in [-0.1, -0.05) is 71.9 Å². The minimum Gasteiger partial charge on any atom is -0.462 e. The Morgan fingerprint density at radius 2 is 1.68 bits per heavy atom. The number of carbonyl (C=O) groups excluding carboxylic acids is 2. The van der Waals surface area contributed by atoms with E-state index < -0.39 is 5.97 Å². The van der Waals surface area contributed by atoms with Crippen molar-refractivity contribution in [2.75, 3.05) is 17.7 Å². The number of aryl methyl sites for hydroxylation is 1. The van der Waals surface area contributed by atoms with Gasteiger partial charge < -0.3 is 10.1 Å². The monoisotopic (exact) mass is 545 g/mol. The molecule has 37 heavy (non-hydrogen) atoms. The van der Waals surface area contributed by atoms with Crippen molar-refractivity contribution in [2.45, 2.75) is 18.9 Å². The Hall–Kier alpha value is -3.53. The summed E-state index contributed by atoms with van der Waals surface area (Å²) in [5, 5.41) is 9.05. The number of hydrogen-bond donors (Lipinski definition) is 1. The summed E-state index contributed by atoms with van der Waals surface area (Å²) < 4.78 is 5.30. The first-order chi connectivity index (χ1) is 18.0. The number of aromatic nitrogens is 2. The second kappa shape index (κ2) is 11.2. The fraction of sp³-hybridized carbons (Fsp3) is 0.143. The van der Waals surface area contributed by atoms with Gasteiger partial charge in [-0.2, -0.15) is 0 Å². The van der Waals surface area contributed by atoms with Crippen LogP contribution in [0.15, 0.2) is 76.7 Å². The fourth-order valence-corrected chi connectivity index (χ4v) is 6.65. The molecule has 3 aromatic heterocycles. The summed E-state index contributed by atoms with van der Waals surface area (Å²) >= 11 is 4.23. The van der Waals surface area contributed by atoms with Gasteiger partial charge in [0.25, 0.3) is 0 Å². The Balaban J connectivity index is 1.38. The molecule has 2 aromatic carbocycles. The van der Waals surface area contributed by atoms with Crippen molar-refractivity contribution in [3.05, 3.63) is 82.8 Å². The van der Waals surface area contributed by atoms with Gasteiger partial charge in [-0.3, -0.25) is 4.79 Å². The molecule has 6 nitrogen and oxygen atoms in total. The predicted octanol–water partition coefficient (Wildman–Crippen LogP) is 7.30. The predicted molar refractivity (Wildman–Crippen MR) is 153 cm³/mol. The normalized spacial score (nSPS) is 11.0. The van der Waals surface area contributed by atoms with Gasteiger partial charge in [-0.25, -0.2) is 14.8 Å². The number of nitrogens with zero attached hydrogens (tertiary/aromatic N) is 2. The van der Waals surface area contributed by atoms with Crippen molar-refractivity contribution in [1.82, 2.24) is 9.97 Å². The lowest BCUT2D eigenvalue weighted by atomic mass is 10.0. The molecule has 0 atom stereocenters. The van der Waals surface area contributed by atoms with E-state index in [1.807, 2.05) is 35.7 Å². The number of amides is 1. The zero-order chi connectivity index (χ0) is 25.8. The van der Waals surface area contributed by atoms with E-state index in [9.17, 15) is 9.59 Å². The van der Waals surface area contributed by atoms with Crippen LogP contribution in [0.25, 0.3) is 32.5 Å². The first-order valence-corrected chi connectivity index (χ1v) is 14.4. The summed E-state index contributed by atoms with van der Waals surface area (Å²) in [6.45, 7) is 4.07. The van der Waals surface area contributed by atoms with Crippen molar-refractivity contribution in [3.8, 4) is 22.3 Å². The first-order valence-electron chi connectivity index (χ1n) is 11.6. The molecule has 5 aromatic rings. The molecule has 0 bridgehead atoms. The van der Waals surface area contributed by atoms with Crippen LogP contribution in [-0.2, 0) is 9.53 Å². The third-order valence-corrected chi connectivity index (χ3v) is 8.42. The van der Waals surface area contributed by atoms with Gasteiger partial charge in [0.2, 0.25) is 5.91 Å². The van der Waals surface area contributed by atoms with Gasteiger partial charge in [0.1, 0.15) is 26.7 Å². The Morgan fingerprint density at radius 3 is 2.43 bits per heavy atom. The molecule has 0 unspecified atom stereocenters. The molecule has 1 N–H and O–H groups in total. The van der Waals surface area contributed by atoms with Gasteiger partial charge in [-0.05, 0) is 25.0 Å². The molecule has 3 heterocycles. The minimum atomic E-state index is -0.455. The molecule has 0 saturated heterocycles. The molecule has 0 spiro atoms. The summed E-state index contributed by atoms with van der Waals surface area (Å²) in [5.74, 6) is -0.546. The molecular formula is C28H23N3O3S3. The van der Waals surface area contributed by atoms with Crippen LogP contribution in [-0.4, -0.2) is 34.2 Å². The lowest BCUT2D eigenvalue weighted by Crippen LogP contribution is -2.16. The average Bonchev–Trinajstić information content (AvgIpc) is 3.53. The molecule has 0 aliphatic heterocycles. The highest BCUT2D eigenvalue weighted by Gasteiger charge is 2.23. The zero-order valence-electron chi connectivity index (χ0n) is 20.2. The Bertz CT molecular complexity index is 1560. The molecule has 1 amide bonds. The largest absolute Gasteiger partial charge is 0.462 e. The van der Waals surface area contributed by atoms with Crippen molar-refractivity contribution >= 4 is 61.5 Å². The number of ether oxygens (including phenoxy) is 1. The molecule has 0 saturated carbocycles. The summed E-state index contributed by atoms with van der Waals surface area (Å²) in [7, 11) is 0. The Kier molecular flexibility index (Phi) is 7.64. The van der Waals surface area contributed by atoms with E-state index >= 15 is 0 Å². The Morgan fingerprint density at radius 1 is 0.946 bits per heavy atom. The Labute approximate surface area is 226 Å². The van der Waals surface area contributed by atoms with Crippen molar-refractivity contribution in [2.24, 2.45) is 0 Å². The quantitative estimate of drug-likeness (QED) is 0.125. The van der Waals surface area contributed by atoms with Crippen LogP contribution in [0, 0.1) is 6.92 Å². The second-order valence-electron chi connectivity index (χ2n) is 8.15. The summed E-state index contributed by atoms with van der Waals surface area (Å²) in [5.41, 5.74) is 5.34. The van der Waals surface area contributed by atoms with E-state index in [2.05, 4.69) is 51.9 Å². The van der Waals surface area contributed by atoms with Crippen molar-refractivity contribution in [1.29, 1.82) is 0 Å². The summed E-state index contributed by atoms with van der Waals surface area (Å²) in [6, 6.07) is 17.9. The van der Waals surface area contributed by atoms with Crippen LogP contribution in [0.1, 0.15) is 22.8 Å². The van der Waals surface area contributed by atoms with E-state index in [1.54, 1.807) is 18.3 Å². The SMILES string of the molecule is CCOC(=O)c1c(-c2ccccc2)csc1NC(=O)CSc1ncnc2scc(-c3ccc(C)cc3)c12. The van der Waals surface area contributed by atoms with Crippen LogP contribution < -0.4 is 5.32 Å². The highest BCUT2D eigenvalue weighted by atomic mass is 32.2. The number of anilines is 1. The number of hydrogen-bond acceptors (Lipinski definition) is 8. The maximum Gasteiger partial charge on any atom is 0.341 e. The lowest BCUT2D eigenvalue weighted by molar-refractivity contribution is -0.113. The summed E-state index contributed by atoms with van der Waals surface area (Å²) in [4.78, 5) is 35.6. The number of thiophene rings is 2. The number of fused-ring (bicyclic) bond motifs is 1. The molecule has 0 aliphatic rings. The number of thioether (sulfide) groups is 1. The number of nitrogens with one attached hydrogen (secondary N) is 1. The van der Waals surface area contributed by atoms with E-state index in [1.165, 1.54) is 35.0 Å². The molecule has 5 rings (SSSR count). The number of benzene rings is 2. The second-order valence-corrected chi connectivity index (χ2v) is 10.9. The number of carbonyl (C=O) groups is 2. The molecule has 0 radical (unpaired) electrons. The van der Waals surface area contributed by atoms with Crippen molar-refractivity contribution in [3.63, 3.8) is 0 Å². The maximum atomic E-state index is 13.0. The van der Waals surface area contributed by atoms with Crippen LogP contribution in [0.3, 0.4) is 0 Å². The number of rotatable bonds is 8. The van der Waals surface area contributed by atoms with Gasteiger partial charge in [0.05, 0.1) is 17.7 Å². The van der Waals surface area contributed by atoms with E-state index in [-0.39, 0.29) is 18.3 Å². The highest BCUT2D eigenvalue weighted by Crippen LogP contribution is 2.39. The van der Waals surface area contributed by atoms with Crippen LogP contribution >= 0.6 is 34.4 Å². The third-order valence-electron chi connectivity index (χ3n) is 5.65. The first kappa shape index (κ1) is 25.1. The molecule has 186 valence electrons. The van der Waals surface area contributed by atoms with E-state index in [0.29, 0.717) is 10.6 Å². The van der Waals surface area contributed by atoms with E-state index in [4.69, 9.17) is 4.74 Å². The highest BCUT2D eigenvalue weighted by molar-refractivity contribution is 8.00. The molecule has 0 aliphatic carbocycles. The smallest absolute Gasteiger partial charge is 0.341 e. The van der Waals surface area contributed by atoms with Crippen LogP contribution in [0.5, 0.6) is 0 Å². The van der Waals surface area contributed by atoms with Crippen LogP contribution in [0.4, 0.5) is 5.00 Å². The van der Waals surface area contributed by atoms with Crippen LogP contribution in [0.2, 0.25) is 0 Å². The zero-order valence-corrected chi connectivity index (χ0v) is 22.6. The van der Waals surface area contributed by atoms with Gasteiger partial charge in [0, 0.05) is 21.9 Å². The number of esters is 1. The topological polar surface area (TPSA) is 81.2 Å².